The summed E-state index contributed by atoms with van der Waals surface area (Å²) >= 11 is 6.01. The zero-order valence-electron chi connectivity index (χ0n) is 19.2. The predicted molar refractivity (Wildman–Crippen MR) is 134 cm³/mol. The van der Waals surface area contributed by atoms with Crippen LogP contribution in [0.5, 0.6) is 0 Å². The van der Waals surface area contributed by atoms with Crippen LogP contribution in [0.4, 0.5) is 24.5 Å². The van der Waals surface area contributed by atoms with E-state index in [1.807, 2.05) is 0 Å². The minimum Gasteiger partial charge on any atom is -0.380 e. The molecule has 4 rings (SSSR count). The molecule has 0 spiro atoms. The highest BCUT2D eigenvalue weighted by atomic mass is 35.5. The van der Waals surface area contributed by atoms with E-state index in [9.17, 15) is 26.4 Å². The number of carbonyl (C=O) groups excluding carboxylic acids is 1. The Balaban J connectivity index is 1.49. The fourth-order valence-electron chi connectivity index (χ4n) is 4.35. The van der Waals surface area contributed by atoms with Gasteiger partial charge < -0.3 is 10.6 Å². The van der Waals surface area contributed by atoms with Gasteiger partial charge in [0.15, 0.2) is 5.69 Å². The van der Waals surface area contributed by atoms with E-state index >= 15 is 0 Å². The number of alkyl halides is 3. The Morgan fingerprint density at radius 1 is 1.08 bits per heavy atom. The lowest BCUT2D eigenvalue weighted by Crippen LogP contribution is -2.42. The van der Waals surface area contributed by atoms with Gasteiger partial charge in [-0.15, -0.1) is 0 Å². The van der Waals surface area contributed by atoms with E-state index in [4.69, 9.17) is 11.6 Å². The Bertz CT molecular complexity index is 1400. The number of rotatable bonds is 6. The summed E-state index contributed by atoms with van der Waals surface area (Å²) in [7, 11) is -3.50. The third kappa shape index (κ3) is 6.58. The number of sulfonamides is 1. The predicted octanol–water partition coefficient (Wildman–Crippen LogP) is 5.43. The van der Waals surface area contributed by atoms with Crippen molar-refractivity contribution in [2.75, 3.05) is 16.3 Å². The highest BCUT2D eigenvalue weighted by molar-refractivity contribution is 7.92. The van der Waals surface area contributed by atoms with Crippen molar-refractivity contribution in [3.63, 3.8) is 0 Å². The number of anilines is 2. The maximum atomic E-state index is 13.8. The first-order valence-corrected chi connectivity index (χ1v) is 13.5. The molecule has 2 aromatic carbocycles. The van der Waals surface area contributed by atoms with E-state index in [1.165, 1.54) is 30.3 Å². The van der Waals surface area contributed by atoms with Crippen LogP contribution in [-0.4, -0.2) is 37.6 Å². The minimum absolute atomic E-state index is 0.131. The summed E-state index contributed by atoms with van der Waals surface area (Å²) in [6.45, 7) is 0. The lowest BCUT2D eigenvalue weighted by atomic mass is 9.90. The van der Waals surface area contributed by atoms with E-state index in [2.05, 4.69) is 20.3 Å². The van der Waals surface area contributed by atoms with Crippen molar-refractivity contribution < 1.29 is 26.4 Å². The van der Waals surface area contributed by atoms with Crippen molar-refractivity contribution in [3.05, 3.63) is 64.8 Å². The number of pyridine rings is 1. The van der Waals surface area contributed by atoms with Crippen molar-refractivity contribution in [3.8, 4) is 0 Å². The molecular formula is C24H24ClF3N4O3S. The quantitative estimate of drug-likeness (QED) is 0.387. The van der Waals surface area contributed by atoms with Gasteiger partial charge in [0, 0.05) is 33.7 Å². The van der Waals surface area contributed by atoms with Gasteiger partial charge in [-0.25, -0.2) is 13.4 Å². The van der Waals surface area contributed by atoms with Crippen LogP contribution >= 0.6 is 11.6 Å². The molecule has 1 aromatic heterocycles. The molecule has 12 heteroatoms. The Morgan fingerprint density at radius 2 is 1.83 bits per heavy atom. The molecule has 0 bridgehead atoms. The second-order valence-corrected chi connectivity index (χ2v) is 11.0. The summed E-state index contributed by atoms with van der Waals surface area (Å²) < 4.78 is 66.5. The van der Waals surface area contributed by atoms with Crippen molar-refractivity contribution in [2.24, 2.45) is 0 Å². The maximum Gasteiger partial charge on any atom is 0.435 e. The molecular weight excluding hydrogens is 517 g/mol. The van der Waals surface area contributed by atoms with E-state index < -0.39 is 27.8 Å². The van der Waals surface area contributed by atoms with Crippen molar-refractivity contribution in [2.45, 2.75) is 43.9 Å². The average molecular weight is 541 g/mol. The van der Waals surface area contributed by atoms with E-state index in [0.29, 0.717) is 36.1 Å². The summed E-state index contributed by atoms with van der Waals surface area (Å²) in [6.07, 6.45) is -1.22. The number of amides is 1. The molecule has 0 saturated heterocycles. The van der Waals surface area contributed by atoms with Crippen molar-refractivity contribution in [1.82, 2.24) is 10.3 Å². The monoisotopic (exact) mass is 540 g/mol. The topological polar surface area (TPSA) is 100 Å². The van der Waals surface area contributed by atoms with Gasteiger partial charge in [-0.05, 0) is 68.1 Å². The van der Waals surface area contributed by atoms with Crippen LogP contribution in [0.25, 0.3) is 10.9 Å². The molecule has 2 atom stereocenters. The van der Waals surface area contributed by atoms with Crippen LogP contribution in [0, 0.1) is 0 Å². The van der Waals surface area contributed by atoms with Crippen LogP contribution in [-0.2, 0) is 16.2 Å². The summed E-state index contributed by atoms with van der Waals surface area (Å²) in [6, 6.07) is 11.4. The molecule has 1 amide bonds. The number of aromatic nitrogens is 1. The van der Waals surface area contributed by atoms with E-state index in [1.54, 1.807) is 18.2 Å². The highest BCUT2D eigenvalue weighted by Gasteiger charge is 2.37. The minimum atomic E-state index is -4.65. The fraction of sp³-hybridized carbons (Fsp3) is 0.333. The Morgan fingerprint density at radius 3 is 2.56 bits per heavy atom. The molecule has 1 heterocycles. The van der Waals surface area contributed by atoms with Crippen LogP contribution in [0.15, 0.2) is 48.5 Å². The molecule has 192 valence electrons. The SMILES string of the molecule is CS(=O)(=O)Nc1cccc(C(=O)N[C@H]2CCCC(Nc3cc4cc(Cl)ccc4nc3C(F)(F)F)C2)c1. The summed E-state index contributed by atoms with van der Waals surface area (Å²) in [5.74, 6) is -0.393. The van der Waals surface area contributed by atoms with E-state index in [0.717, 1.165) is 6.26 Å². The molecule has 7 nitrogen and oxygen atoms in total. The molecule has 0 radical (unpaired) electrons. The molecule has 1 aliphatic rings. The van der Waals surface area contributed by atoms with Crippen molar-refractivity contribution in [1.29, 1.82) is 0 Å². The average Bonchev–Trinajstić information content (AvgIpc) is 2.77. The van der Waals surface area contributed by atoms with Crippen LogP contribution in [0.2, 0.25) is 5.02 Å². The molecule has 36 heavy (non-hydrogen) atoms. The molecule has 3 aromatic rings. The number of fused-ring (bicyclic) bond motifs is 1. The number of hydrogen-bond donors (Lipinski definition) is 3. The number of hydrogen-bond acceptors (Lipinski definition) is 5. The Kier molecular flexibility index (Phi) is 7.33. The third-order valence-electron chi connectivity index (χ3n) is 5.84. The van der Waals surface area contributed by atoms with Crippen LogP contribution < -0.4 is 15.4 Å². The Labute approximate surface area is 211 Å². The fourth-order valence-corrected chi connectivity index (χ4v) is 5.09. The second-order valence-electron chi connectivity index (χ2n) is 8.85. The Hall–Kier alpha value is -3.05. The molecule has 1 saturated carbocycles. The molecule has 1 fully saturated rings. The summed E-state index contributed by atoms with van der Waals surface area (Å²) in [5.41, 5.74) is -0.406. The van der Waals surface area contributed by atoms with Gasteiger partial charge >= 0.3 is 6.18 Å². The first-order chi connectivity index (χ1) is 16.9. The van der Waals surface area contributed by atoms with Crippen LogP contribution in [0.3, 0.4) is 0 Å². The number of nitrogens with one attached hydrogen (secondary N) is 3. The molecule has 3 N–H and O–H groups in total. The third-order valence-corrected chi connectivity index (χ3v) is 6.68. The number of carbonyl (C=O) groups is 1. The zero-order valence-corrected chi connectivity index (χ0v) is 20.8. The molecule has 1 aliphatic carbocycles. The maximum absolute atomic E-state index is 13.8. The molecule has 1 unspecified atom stereocenters. The number of halogens is 4. The van der Waals surface area contributed by atoms with Gasteiger partial charge in [-0.2, -0.15) is 13.2 Å². The lowest BCUT2D eigenvalue weighted by molar-refractivity contribution is -0.140. The lowest BCUT2D eigenvalue weighted by Gasteiger charge is -2.31. The second kappa shape index (κ2) is 10.1. The number of benzene rings is 2. The van der Waals surface area contributed by atoms with Gasteiger partial charge in [-0.1, -0.05) is 17.7 Å². The van der Waals surface area contributed by atoms with E-state index in [-0.39, 0.29) is 34.5 Å². The first-order valence-electron chi connectivity index (χ1n) is 11.2. The van der Waals surface area contributed by atoms with Crippen molar-refractivity contribution >= 4 is 49.8 Å². The van der Waals surface area contributed by atoms with Crippen LogP contribution in [0.1, 0.15) is 41.7 Å². The van der Waals surface area contributed by atoms with Gasteiger partial charge in [0.05, 0.1) is 17.5 Å². The standard InChI is InChI=1S/C24H24ClF3N4O3S/c1-36(34,35)32-19-7-2-4-14(11-19)23(33)30-18-6-3-5-17(13-18)29-21-12-15-10-16(25)8-9-20(15)31-22(21)24(26,27)28/h2,4,7-12,17-18,29,32H,3,5-6,13H2,1H3,(H,30,33)/t17?,18-/m0/s1. The smallest absolute Gasteiger partial charge is 0.380 e. The van der Waals surface area contributed by atoms with Gasteiger partial charge in [0.1, 0.15) is 0 Å². The summed E-state index contributed by atoms with van der Waals surface area (Å²) in [5, 5.41) is 6.79. The number of nitrogens with zero attached hydrogens (tertiary/aromatic N) is 1. The van der Waals surface area contributed by atoms with Gasteiger partial charge in [0.2, 0.25) is 10.0 Å². The molecule has 0 aliphatic heterocycles. The van der Waals surface area contributed by atoms with Gasteiger partial charge in [-0.3, -0.25) is 9.52 Å². The summed E-state index contributed by atoms with van der Waals surface area (Å²) in [4.78, 5) is 16.6. The van der Waals surface area contributed by atoms with Gasteiger partial charge in [0.25, 0.3) is 5.91 Å². The normalized spacial score (nSPS) is 18.6. The highest BCUT2D eigenvalue weighted by Crippen LogP contribution is 2.37. The first kappa shape index (κ1) is 26.0. The zero-order chi connectivity index (χ0) is 26.1. The largest absolute Gasteiger partial charge is 0.435 e.